The van der Waals surface area contributed by atoms with E-state index in [0.717, 1.165) is 6.07 Å². The zero-order valence-corrected chi connectivity index (χ0v) is 10.2. The maximum atomic E-state index is 12.7. The number of hydrogen-bond acceptors (Lipinski definition) is 3. The summed E-state index contributed by atoms with van der Waals surface area (Å²) in [5.74, 6) is 0.311. The number of benzene rings is 1. The van der Waals surface area contributed by atoms with Crippen LogP contribution in [-0.4, -0.2) is 17.9 Å². The molecule has 6 heteroatoms. The van der Waals surface area contributed by atoms with E-state index in [4.69, 9.17) is 4.84 Å². The Hall–Kier alpha value is -1.17. The van der Waals surface area contributed by atoms with Crippen LogP contribution in [0, 0.1) is 0 Å². The summed E-state index contributed by atoms with van der Waals surface area (Å²) in [6, 6.07) is 5.30. The molecule has 0 saturated heterocycles. The van der Waals surface area contributed by atoms with E-state index in [9.17, 15) is 13.2 Å². The van der Waals surface area contributed by atoms with Crippen LogP contribution in [-0.2, 0) is 11.0 Å². The van der Waals surface area contributed by atoms with Gasteiger partial charge in [0.1, 0.15) is 0 Å². The molecule has 1 rings (SSSR count). The standard InChI is InChI=1S/C11H12F3NOS/c1-8(15-16-7-17-2)9-5-3-4-6-10(9)11(12,13)14/h3-6H,7H2,1-2H3. The zero-order chi connectivity index (χ0) is 12.9. The molecule has 0 aromatic heterocycles. The molecule has 0 saturated carbocycles. The molecule has 17 heavy (non-hydrogen) atoms. The van der Waals surface area contributed by atoms with Gasteiger partial charge in [0.25, 0.3) is 0 Å². The third kappa shape index (κ3) is 3.96. The van der Waals surface area contributed by atoms with Crippen LogP contribution in [0.15, 0.2) is 29.4 Å². The van der Waals surface area contributed by atoms with Gasteiger partial charge in [-0.1, -0.05) is 23.4 Å². The third-order valence-electron chi connectivity index (χ3n) is 1.99. The molecule has 0 fully saturated rings. The minimum Gasteiger partial charge on any atom is -0.385 e. The summed E-state index contributed by atoms with van der Waals surface area (Å²) in [6.07, 6.45) is -2.57. The Kier molecular flexibility index (Phi) is 4.86. The molecule has 1 aromatic carbocycles. The molecule has 2 nitrogen and oxygen atoms in total. The van der Waals surface area contributed by atoms with Crippen molar-refractivity contribution >= 4 is 17.5 Å². The molecule has 0 radical (unpaired) electrons. The Bertz CT molecular complexity index is 404. The van der Waals surface area contributed by atoms with Crippen molar-refractivity contribution in [3.63, 3.8) is 0 Å². The fourth-order valence-electron chi connectivity index (χ4n) is 1.27. The molecular weight excluding hydrogens is 251 g/mol. The van der Waals surface area contributed by atoms with E-state index in [1.54, 1.807) is 0 Å². The Balaban J connectivity index is 3.01. The van der Waals surface area contributed by atoms with Gasteiger partial charge in [0.15, 0.2) is 5.94 Å². The monoisotopic (exact) mass is 263 g/mol. The highest BCUT2D eigenvalue weighted by Gasteiger charge is 2.33. The summed E-state index contributed by atoms with van der Waals surface area (Å²) in [5.41, 5.74) is -0.443. The fourth-order valence-corrected chi connectivity index (χ4v) is 1.43. The number of hydrogen-bond donors (Lipinski definition) is 0. The Labute approximate surface area is 102 Å². The summed E-state index contributed by atoms with van der Waals surface area (Å²) < 4.78 is 38.1. The molecule has 0 spiro atoms. The van der Waals surface area contributed by atoms with Crippen molar-refractivity contribution in [1.29, 1.82) is 0 Å². The second-order valence-corrected chi connectivity index (χ2v) is 4.07. The zero-order valence-electron chi connectivity index (χ0n) is 9.41. The highest BCUT2D eigenvalue weighted by Crippen LogP contribution is 2.32. The van der Waals surface area contributed by atoms with Crippen LogP contribution in [0.1, 0.15) is 18.1 Å². The van der Waals surface area contributed by atoms with Crippen molar-refractivity contribution in [1.82, 2.24) is 0 Å². The van der Waals surface area contributed by atoms with E-state index in [0.29, 0.717) is 5.94 Å². The molecular formula is C11H12F3NOS. The van der Waals surface area contributed by atoms with Crippen molar-refractivity contribution in [3.05, 3.63) is 35.4 Å². The molecule has 0 N–H and O–H groups in total. The lowest BCUT2D eigenvalue weighted by atomic mass is 10.0. The topological polar surface area (TPSA) is 21.6 Å². The van der Waals surface area contributed by atoms with Crippen molar-refractivity contribution in [2.45, 2.75) is 13.1 Å². The number of alkyl halides is 3. The van der Waals surface area contributed by atoms with Gasteiger partial charge in [0.2, 0.25) is 0 Å². The second kappa shape index (κ2) is 5.95. The van der Waals surface area contributed by atoms with Gasteiger partial charge in [0, 0.05) is 5.56 Å². The normalized spacial score (nSPS) is 12.6. The minimum atomic E-state index is -4.38. The van der Waals surface area contributed by atoms with Gasteiger partial charge < -0.3 is 4.84 Å². The first-order chi connectivity index (χ1) is 7.96. The Morgan fingerprint density at radius 1 is 1.35 bits per heavy atom. The van der Waals surface area contributed by atoms with Crippen molar-refractivity contribution < 1.29 is 18.0 Å². The largest absolute Gasteiger partial charge is 0.417 e. The molecule has 94 valence electrons. The summed E-state index contributed by atoms with van der Waals surface area (Å²) in [4.78, 5) is 4.85. The third-order valence-corrected chi connectivity index (χ3v) is 2.34. The lowest BCUT2D eigenvalue weighted by Crippen LogP contribution is -2.12. The van der Waals surface area contributed by atoms with Gasteiger partial charge in [-0.15, -0.1) is 11.8 Å². The van der Waals surface area contributed by atoms with E-state index >= 15 is 0 Å². The van der Waals surface area contributed by atoms with Crippen LogP contribution in [0.3, 0.4) is 0 Å². The van der Waals surface area contributed by atoms with Crippen molar-refractivity contribution in [2.75, 3.05) is 12.2 Å². The van der Waals surface area contributed by atoms with Gasteiger partial charge in [0.05, 0.1) is 11.3 Å². The van der Waals surface area contributed by atoms with Crippen LogP contribution >= 0.6 is 11.8 Å². The van der Waals surface area contributed by atoms with Gasteiger partial charge >= 0.3 is 6.18 Å². The molecule has 0 amide bonds. The van der Waals surface area contributed by atoms with Crippen molar-refractivity contribution in [2.24, 2.45) is 5.16 Å². The predicted octanol–water partition coefficient (Wildman–Crippen LogP) is 3.77. The Morgan fingerprint density at radius 3 is 2.59 bits per heavy atom. The smallest absolute Gasteiger partial charge is 0.385 e. The number of oxime groups is 1. The highest BCUT2D eigenvalue weighted by molar-refractivity contribution is 7.98. The Morgan fingerprint density at radius 2 is 2.00 bits per heavy atom. The van der Waals surface area contributed by atoms with E-state index < -0.39 is 11.7 Å². The van der Waals surface area contributed by atoms with Crippen LogP contribution < -0.4 is 0 Å². The van der Waals surface area contributed by atoms with Crippen LogP contribution in [0.5, 0.6) is 0 Å². The second-order valence-electron chi connectivity index (χ2n) is 3.26. The van der Waals surface area contributed by atoms with E-state index in [1.165, 1.54) is 36.9 Å². The van der Waals surface area contributed by atoms with Gasteiger partial charge in [-0.2, -0.15) is 13.2 Å². The van der Waals surface area contributed by atoms with Crippen LogP contribution in [0.25, 0.3) is 0 Å². The van der Waals surface area contributed by atoms with E-state index in [-0.39, 0.29) is 11.3 Å². The summed E-state index contributed by atoms with van der Waals surface area (Å²) in [6.45, 7) is 1.49. The molecule has 0 aliphatic carbocycles. The van der Waals surface area contributed by atoms with Crippen molar-refractivity contribution in [3.8, 4) is 0 Å². The van der Waals surface area contributed by atoms with Gasteiger partial charge in [-0.3, -0.25) is 0 Å². The average molecular weight is 263 g/mol. The fraction of sp³-hybridized carbons (Fsp3) is 0.364. The molecule has 0 bridgehead atoms. The average Bonchev–Trinajstić information content (AvgIpc) is 2.28. The first-order valence-corrected chi connectivity index (χ1v) is 6.18. The lowest BCUT2D eigenvalue weighted by Gasteiger charge is -2.11. The first-order valence-electron chi connectivity index (χ1n) is 4.79. The molecule has 0 heterocycles. The predicted molar refractivity (Wildman–Crippen MR) is 63.1 cm³/mol. The van der Waals surface area contributed by atoms with Gasteiger partial charge in [-0.25, -0.2) is 0 Å². The summed E-state index contributed by atoms with van der Waals surface area (Å²) in [5, 5.41) is 3.65. The van der Waals surface area contributed by atoms with Crippen LogP contribution in [0.2, 0.25) is 0 Å². The lowest BCUT2D eigenvalue weighted by molar-refractivity contribution is -0.137. The quantitative estimate of drug-likeness (QED) is 0.357. The number of nitrogens with zero attached hydrogens (tertiary/aromatic N) is 1. The summed E-state index contributed by atoms with van der Waals surface area (Å²) in [7, 11) is 0. The van der Waals surface area contributed by atoms with E-state index in [2.05, 4.69) is 5.16 Å². The SMILES string of the molecule is CSCON=C(C)c1ccccc1C(F)(F)F. The summed E-state index contributed by atoms with van der Waals surface area (Å²) >= 11 is 1.40. The highest BCUT2D eigenvalue weighted by atomic mass is 32.2. The number of halogens is 3. The maximum Gasteiger partial charge on any atom is 0.417 e. The van der Waals surface area contributed by atoms with E-state index in [1.807, 2.05) is 6.26 Å². The first kappa shape index (κ1) is 13.9. The molecule has 0 aliphatic heterocycles. The molecule has 1 aromatic rings. The molecule has 0 unspecified atom stereocenters. The number of thioether (sulfide) groups is 1. The maximum absolute atomic E-state index is 12.7. The molecule has 0 aliphatic rings. The number of rotatable bonds is 4. The van der Waals surface area contributed by atoms with Gasteiger partial charge in [-0.05, 0) is 19.2 Å². The molecule has 0 atom stereocenters. The minimum absolute atomic E-state index is 0.0427. The van der Waals surface area contributed by atoms with Crippen LogP contribution in [0.4, 0.5) is 13.2 Å².